The minimum Gasteiger partial charge on any atom is -0.496 e. The Hall–Kier alpha value is -3.55. The van der Waals surface area contributed by atoms with Gasteiger partial charge in [-0.3, -0.25) is 19.3 Å². The molecule has 1 atom stereocenters. The summed E-state index contributed by atoms with van der Waals surface area (Å²) in [4.78, 5) is 45.0. The van der Waals surface area contributed by atoms with E-state index >= 15 is 0 Å². The quantitative estimate of drug-likeness (QED) is 0.630. The predicted molar refractivity (Wildman–Crippen MR) is 136 cm³/mol. The van der Waals surface area contributed by atoms with Crippen LogP contribution in [0.15, 0.2) is 42.5 Å². The Morgan fingerprint density at radius 1 is 1.09 bits per heavy atom. The van der Waals surface area contributed by atoms with Crippen molar-refractivity contribution in [1.29, 1.82) is 0 Å². The summed E-state index contributed by atoms with van der Waals surface area (Å²) < 4.78 is 5.37. The Bertz CT molecular complexity index is 1100. The van der Waals surface area contributed by atoms with Gasteiger partial charge in [0.25, 0.3) is 5.91 Å². The first kappa shape index (κ1) is 24.6. The Morgan fingerprint density at radius 3 is 2.60 bits per heavy atom. The van der Waals surface area contributed by atoms with Crippen molar-refractivity contribution in [3.8, 4) is 5.75 Å². The van der Waals surface area contributed by atoms with Gasteiger partial charge in [0.05, 0.1) is 18.5 Å². The van der Waals surface area contributed by atoms with Crippen molar-refractivity contribution >= 4 is 29.1 Å². The topological polar surface area (TPSA) is 82.2 Å². The van der Waals surface area contributed by atoms with Gasteiger partial charge in [0.1, 0.15) is 18.3 Å². The molecule has 1 N–H and O–H groups in total. The molecule has 2 heterocycles. The molecule has 0 radical (unpaired) electrons. The van der Waals surface area contributed by atoms with Gasteiger partial charge in [-0.2, -0.15) is 0 Å². The number of methoxy groups -OCH3 is 1. The van der Waals surface area contributed by atoms with E-state index in [-0.39, 0.29) is 30.3 Å². The van der Waals surface area contributed by atoms with Gasteiger partial charge < -0.3 is 19.9 Å². The van der Waals surface area contributed by atoms with Gasteiger partial charge in [-0.15, -0.1) is 0 Å². The summed E-state index contributed by atoms with van der Waals surface area (Å²) in [6.45, 7) is 6.09. The van der Waals surface area contributed by atoms with Crippen molar-refractivity contribution in [3.63, 3.8) is 0 Å². The number of nitrogens with one attached hydrogen (secondary N) is 1. The van der Waals surface area contributed by atoms with Gasteiger partial charge in [0, 0.05) is 37.3 Å². The molecular formula is C27H34N4O4. The van der Waals surface area contributed by atoms with Crippen molar-refractivity contribution in [2.45, 2.75) is 45.7 Å². The van der Waals surface area contributed by atoms with Crippen LogP contribution in [0.25, 0.3) is 0 Å². The van der Waals surface area contributed by atoms with Crippen LogP contribution in [0, 0.1) is 0 Å². The van der Waals surface area contributed by atoms with Crippen molar-refractivity contribution in [2.24, 2.45) is 0 Å². The normalized spacial score (nSPS) is 16.9. The molecular weight excluding hydrogens is 444 g/mol. The zero-order valence-electron chi connectivity index (χ0n) is 20.8. The average Bonchev–Trinajstić information content (AvgIpc) is 2.90. The minimum atomic E-state index is -0.275. The van der Waals surface area contributed by atoms with Crippen molar-refractivity contribution in [3.05, 3.63) is 53.6 Å². The Kier molecular flexibility index (Phi) is 7.58. The van der Waals surface area contributed by atoms with Crippen LogP contribution in [0.5, 0.6) is 5.75 Å². The fourth-order valence-electron chi connectivity index (χ4n) is 4.99. The van der Waals surface area contributed by atoms with E-state index in [4.69, 9.17) is 4.74 Å². The minimum absolute atomic E-state index is 0.0772. The molecule has 2 aliphatic heterocycles. The van der Waals surface area contributed by atoms with E-state index in [1.165, 1.54) is 0 Å². The molecule has 8 heteroatoms. The smallest absolute Gasteiger partial charge is 0.253 e. The monoisotopic (exact) mass is 478 g/mol. The lowest BCUT2D eigenvalue weighted by Gasteiger charge is -2.45. The van der Waals surface area contributed by atoms with E-state index in [1.54, 1.807) is 23.0 Å². The van der Waals surface area contributed by atoms with Crippen LogP contribution >= 0.6 is 0 Å². The third kappa shape index (κ3) is 4.97. The molecule has 0 aromatic heterocycles. The number of para-hydroxylation sites is 1. The molecule has 8 nitrogen and oxygen atoms in total. The number of anilines is 2. The molecule has 0 saturated carbocycles. The number of amides is 3. The van der Waals surface area contributed by atoms with Gasteiger partial charge in [-0.1, -0.05) is 18.2 Å². The third-order valence-corrected chi connectivity index (χ3v) is 6.90. The summed E-state index contributed by atoms with van der Waals surface area (Å²) in [5.74, 6) is 0.271. The molecule has 35 heavy (non-hydrogen) atoms. The molecule has 0 spiro atoms. The van der Waals surface area contributed by atoms with Gasteiger partial charge in [-0.25, -0.2) is 0 Å². The molecule has 2 aromatic carbocycles. The highest BCUT2D eigenvalue weighted by molar-refractivity contribution is 6.09. The first-order valence-corrected chi connectivity index (χ1v) is 12.4. The summed E-state index contributed by atoms with van der Waals surface area (Å²) in [5, 5.41) is 2.92. The summed E-state index contributed by atoms with van der Waals surface area (Å²) in [7, 11) is 1.59. The van der Waals surface area contributed by atoms with E-state index in [1.807, 2.05) is 50.2 Å². The van der Waals surface area contributed by atoms with Crippen LogP contribution in [-0.4, -0.2) is 62.0 Å². The summed E-state index contributed by atoms with van der Waals surface area (Å²) in [6, 6.07) is 12.8. The van der Waals surface area contributed by atoms with Crippen LogP contribution in [0.1, 0.15) is 49.0 Å². The Balaban J connectivity index is 1.60. The van der Waals surface area contributed by atoms with Gasteiger partial charge in [0.2, 0.25) is 11.8 Å². The number of nitrogens with zero attached hydrogens (tertiary/aromatic N) is 3. The SMILES string of the molecule is CCN(CC)C(=O)c1ccc2c(c1)N(CC(=O)NCc1ccccc1OC)C(=O)C1CCCCN21. The number of hydrogen-bond donors (Lipinski definition) is 1. The van der Waals surface area contributed by atoms with E-state index < -0.39 is 0 Å². The largest absolute Gasteiger partial charge is 0.496 e. The second-order valence-electron chi connectivity index (χ2n) is 8.90. The number of rotatable bonds is 8. The second-order valence-corrected chi connectivity index (χ2v) is 8.90. The molecule has 1 saturated heterocycles. The Labute approximate surface area is 206 Å². The van der Waals surface area contributed by atoms with Crippen molar-refractivity contribution < 1.29 is 19.1 Å². The molecule has 2 aliphatic rings. The summed E-state index contributed by atoms with van der Waals surface area (Å²) in [5.41, 5.74) is 2.91. The predicted octanol–water partition coefficient (Wildman–Crippen LogP) is 3.20. The van der Waals surface area contributed by atoms with Gasteiger partial charge in [0.15, 0.2) is 0 Å². The zero-order valence-corrected chi connectivity index (χ0v) is 20.8. The Morgan fingerprint density at radius 2 is 1.86 bits per heavy atom. The standard InChI is InChI=1S/C27H34N4O4/c1-4-29(5-2)26(33)19-13-14-21-23(16-19)31(27(34)22-11-8-9-15-30(21)22)18-25(32)28-17-20-10-6-7-12-24(20)35-3/h6-7,10,12-14,16,22H,4-5,8-9,11,15,17-18H2,1-3H3,(H,28,32). The van der Waals surface area contributed by atoms with Crippen molar-refractivity contribution in [2.75, 3.05) is 43.1 Å². The number of benzene rings is 2. The fourth-order valence-corrected chi connectivity index (χ4v) is 4.99. The van der Waals surface area contributed by atoms with E-state index in [0.29, 0.717) is 36.6 Å². The first-order valence-electron chi connectivity index (χ1n) is 12.4. The van der Waals surface area contributed by atoms with Crippen LogP contribution in [0.3, 0.4) is 0 Å². The van der Waals surface area contributed by atoms with E-state index in [0.717, 1.165) is 37.1 Å². The van der Waals surface area contributed by atoms with Gasteiger partial charge in [-0.05, 0) is 57.4 Å². The molecule has 0 aliphatic carbocycles. The molecule has 186 valence electrons. The maximum atomic E-state index is 13.5. The average molecular weight is 479 g/mol. The van der Waals surface area contributed by atoms with E-state index in [2.05, 4.69) is 10.2 Å². The van der Waals surface area contributed by atoms with Crippen LogP contribution in [-0.2, 0) is 16.1 Å². The van der Waals surface area contributed by atoms with E-state index in [9.17, 15) is 14.4 Å². The highest BCUT2D eigenvalue weighted by atomic mass is 16.5. The summed E-state index contributed by atoms with van der Waals surface area (Å²) in [6.07, 6.45) is 2.76. The number of carbonyl (C=O) groups is 3. The molecule has 0 bridgehead atoms. The maximum Gasteiger partial charge on any atom is 0.253 e. The first-order chi connectivity index (χ1) is 17.0. The maximum absolute atomic E-state index is 13.5. The number of hydrogen-bond acceptors (Lipinski definition) is 5. The lowest BCUT2D eigenvalue weighted by molar-refractivity contribution is -0.125. The second kappa shape index (κ2) is 10.8. The molecule has 2 aromatic rings. The number of ether oxygens (including phenoxy) is 1. The van der Waals surface area contributed by atoms with Gasteiger partial charge >= 0.3 is 0 Å². The molecule has 1 fully saturated rings. The lowest BCUT2D eigenvalue weighted by atomic mass is 9.95. The zero-order chi connectivity index (χ0) is 24.9. The highest BCUT2D eigenvalue weighted by Gasteiger charge is 2.40. The number of piperidine rings is 1. The van der Waals surface area contributed by atoms with Crippen molar-refractivity contribution in [1.82, 2.24) is 10.2 Å². The highest BCUT2D eigenvalue weighted by Crippen LogP contribution is 2.40. The van der Waals surface area contributed by atoms with Crippen LogP contribution in [0.4, 0.5) is 11.4 Å². The van der Waals surface area contributed by atoms with Crippen LogP contribution < -0.4 is 19.9 Å². The number of fused-ring (bicyclic) bond motifs is 3. The molecule has 1 unspecified atom stereocenters. The molecule has 3 amide bonds. The fraction of sp³-hybridized carbons (Fsp3) is 0.444. The number of carbonyl (C=O) groups excluding carboxylic acids is 3. The lowest BCUT2D eigenvalue weighted by Crippen LogP contribution is -2.57. The van der Waals surface area contributed by atoms with Crippen LogP contribution in [0.2, 0.25) is 0 Å². The third-order valence-electron chi connectivity index (χ3n) is 6.90. The molecule has 4 rings (SSSR count). The summed E-state index contributed by atoms with van der Waals surface area (Å²) >= 11 is 0.